The maximum Gasteiger partial charge on any atom is 0.194 e. The highest BCUT2D eigenvalue weighted by Crippen LogP contribution is 2.41. The van der Waals surface area contributed by atoms with Crippen molar-refractivity contribution in [1.29, 1.82) is 0 Å². The van der Waals surface area contributed by atoms with Crippen LogP contribution in [0.5, 0.6) is 0 Å². The van der Waals surface area contributed by atoms with E-state index in [2.05, 4.69) is 20.0 Å². The molecule has 0 nitrogen and oxygen atoms in total. The summed E-state index contributed by atoms with van der Waals surface area (Å²) in [5.74, 6) is -0.885. The van der Waals surface area contributed by atoms with Gasteiger partial charge in [0.1, 0.15) is 7.85 Å². The third-order valence-corrected chi connectivity index (χ3v) is 6.72. The predicted molar refractivity (Wildman–Crippen MR) is 111 cm³/mol. The highest BCUT2D eigenvalue weighted by Gasteiger charge is 2.27. The lowest BCUT2D eigenvalue weighted by molar-refractivity contribution is 0.264. The van der Waals surface area contributed by atoms with Crippen LogP contribution in [-0.2, 0) is 0 Å². The number of rotatable bonds is 3. The number of hydrogen-bond acceptors (Lipinski definition) is 0. The highest BCUT2D eigenvalue weighted by atomic mass is 19.2. The van der Waals surface area contributed by atoms with E-state index < -0.39 is 17.5 Å². The molecule has 2 aromatic carbocycles. The van der Waals surface area contributed by atoms with E-state index in [1.807, 2.05) is 24.3 Å². The van der Waals surface area contributed by atoms with Gasteiger partial charge < -0.3 is 0 Å². The fourth-order valence-electron chi connectivity index (χ4n) is 4.87. The lowest BCUT2D eigenvalue weighted by atomic mass is 9.67. The van der Waals surface area contributed by atoms with Crippen LogP contribution in [0.2, 0.25) is 5.82 Å². The minimum Gasteiger partial charge on any atom is -0.204 e. The van der Waals surface area contributed by atoms with Crippen molar-refractivity contribution in [2.45, 2.75) is 50.3 Å². The summed E-state index contributed by atoms with van der Waals surface area (Å²) in [4.78, 5) is 0. The van der Waals surface area contributed by atoms with Crippen LogP contribution in [0.1, 0.15) is 50.0 Å². The number of halogens is 3. The van der Waals surface area contributed by atoms with Gasteiger partial charge in [-0.2, -0.15) is 0 Å². The topological polar surface area (TPSA) is 0 Å². The Hall–Kier alpha value is -1.97. The largest absolute Gasteiger partial charge is 0.204 e. The molecule has 1 fully saturated rings. The molecule has 0 radical (unpaired) electrons. The van der Waals surface area contributed by atoms with Crippen molar-refractivity contribution in [1.82, 2.24) is 0 Å². The van der Waals surface area contributed by atoms with Crippen LogP contribution in [0.3, 0.4) is 0 Å². The van der Waals surface area contributed by atoms with E-state index in [1.165, 1.54) is 37.7 Å². The fraction of sp³-hybridized carbons (Fsp3) is 0.417. The lowest BCUT2D eigenvalue weighted by Gasteiger charge is -2.34. The molecule has 1 saturated carbocycles. The maximum atomic E-state index is 13.5. The molecule has 0 saturated heterocycles. The predicted octanol–water partition coefficient (Wildman–Crippen LogP) is 6.43. The van der Waals surface area contributed by atoms with E-state index in [0.717, 1.165) is 30.3 Å². The standard InChI is InChI=1S/C24H26BF3/c25-21-11-9-18(10-12-21)17-3-1-15(2-4-17)16-5-7-19(8-6-16)20-13-22(26)24(28)23(27)14-20/h1,3,5-8,13-15,17-18,21H,2,4,9-12,25H2. The Kier molecular flexibility index (Phi) is 5.66. The molecular formula is C24H26BF3. The summed E-state index contributed by atoms with van der Waals surface area (Å²) >= 11 is 0. The first-order valence-corrected chi connectivity index (χ1v) is 10.4. The summed E-state index contributed by atoms with van der Waals surface area (Å²) in [7, 11) is 2.36. The highest BCUT2D eigenvalue weighted by molar-refractivity contribution is 6.11. The molecule has 0 N–H and O–H groups in total. The quantitative estimate of drug-likeness (QED) is 0.326. The minimum absolute atomic E-state index is 0.355. The summed E-state index contributed by atoms with van der Waals surface area (Å²) in [5, 5.41) is 0. The van der Waals surface area contributed by atoms with E-state index in [9.17, 15) is 13.2 Å². The van der Waals surface area contributed by atoms with Gasteiger partial charge in [0, 0.05) is 5.92 Å². The molecule has 2 aliphatic rings. The average molecular weight is 382 g/mol. The number of benzene rings is 2. The van der Waals surface area contributed by atoms with Crippen LogP contribution in [0.25, 0.3) is 11.1 Å². The van der Waals surface area contributed by atoms with Gasteiger partial charge in [0.25, 0.3) is 0 Å². The first-order chi connectivity index (χ1) is 13.5. The Morgan fingerprint density at radius 2 is 1.36 bits per heavy atom. The van der Waals surface area contributed by atoms with Crippen LogP contribution in [0.4, 0.5) is 13.2 Å². The summed E-state index contributed by atoms with van der Waals surface area (Å²) in [6.45, 7) is 0. The van der Waals surface area contributed by atoms with Crippen molar-refractivity contribution in [2.24, 2.45) is 11.8 Å². The van der Waals surface area contributed by atoms with Crippen molar-refractivity contribution in [3.8, 4) is 11.1 Å². The average Bonchev–Trinajstić information content (AvgIpc) is 2.72. The molecule has 28 heavy (non-hydrogen) atoms. The molecule has 2 aromatic rings. The Morgan fingerprint density at radius 3 is 1.93 bits per heavy atom. The van der Waals surface area contributed by atoms with Gasteiger partial charge >= 0.3 is 0 Å². The molecule has 0 aromatic heterocycles. The van der Waals surface area contributed by atoms with E-state index in [4.69, 9.17) is 0 Å². The fourth-order valence-corrected chi connectivity index (χ4v) is 4.87. The molecule has 2 atom stereocenters. The van der Waals surface area contributed by atoms with Crippen LogP contribution in [0, 0.1) is 29.3 Å². The minimum atomic E-state index is -1.42. The van der Waals surface area contributed by atoms with Crippen LogP contribution in [-0.4, -0.2) is 7.85 Å². The van der Waals surface area contributed by atoms with Crippen molar-refractivity contribution in [3.05, 3.63) is 71.6 Å². The van der Waals surface area contributed by atoms with Gasteiger partial charge in [-0.05, 0) is 53.5 Å². The van der Waals surface area contributed by atoms with Crippen LogP contribution >= 0.6 is 0 Å². The zero-order chi connectivity index (χ0) is 19.7. The number of hydrogen-bond donors (Lipinski definition) is 0. The van der Waals surface area contributed by atoms with E-state index in [0.29, 0.717) is 23.0 Å². The Morgan fingerprint density at radius 1 is 0.714 bits per heavy atom. The summed E-state index contributed by atoms with van der Waals surface area (Å²) in [5.41, 5.74) is 2.27. The molecule has 4 heteroatoms. The van der Waals surface area contributed by atoms with Gasteiger partial charge in [-0.25, -0.2) is 13.2 Å². The third-order valence-electron chi connectivity index (χ3n) is 6.72. The zero-order valence-electron chi connectivity index (χ0n) is 16.3. The monoisotopic (exact) mass is 382 g/mol. The molecule has 4 rings (SSSR count). The van der Waals surface area contributed by atoms with Crippen molar-refractivity contribution >= 4 is 7.85 Å². The van der Waals surface area contributed by atoms with Gasteiger partial charge in [-0.3, -0.25) is 0 Å². The molecule has 0 heterocycles. The van der Waals surface area contributed by atoms with Crippen molar-refractivity contribution in [3.63, 3.8) is 0 Å². The molecular weight excluding hydrogens is 356 g/mol. The second-order valence-electron chi connectivity index (χ2n) is 8.63. The molecule has 0 amide bonds. The van der Waals surface area contributed by atoms with Crippen LogP contribution < -0.4 is 0 Å². The molecule has 2 aliphatic carbocycles. The van der Waals surface area contributed by atoms with E-state index >= 15 is 0 Å². The smallest absolute Gasteiger partial charge is 0.194 e. The Labute approximate surface area is 166 Å². The molecule has 0 spiro atoms. The molecule has 0 aliphatic heterocycles. The van der Waals surface area contributed by atoms with Gasteiger partial charge in [0.15, 0.2) is 17.5 Å². The first kappa shape index (κ1) is 19.4. The van der Waals surface area contributed by atoms with Gasteiger partial charge in [-0.15, -0.1) is 0 Å². The second kappa shape index (κ2) is 8.18. The zero-order valence-corrected chi connectivity index (χ0v) is 16.3. The molecule has 0 bridgehead atoms. The van der Waals surface area contributed by atoms with E-state index in [1.54, 1.807) is 0 Å². The summed E-state index contributed by atoms with van der Waals surface area (Å²) in [6.07, 6.45) is 12.6. The van der Waals surface area contributed by atoms with Crippen LogP contribution in [0.15, 0.2) is 48.6 Å². The summed E-state index contributed by atoms with van der Waals surface area (Å²) in [6, 6.07) is 9.86. The maximum absolute atomic E-state index is 13.5. The third kappa shape index (κ3) is 4.06. The SMILES string of the molecule is BC1CCC(C2C=CC(c3ccc(-c4cc(F)c(F)c(F)c4)cc3)CC2)CC1. The Balaban J connectivity index is 1.44. The van der Waals surface area contributed by atoms with Crippen molar-refractivity contribution < 1.29 is 13.2 Å². The first-order valence-electron chi connectivity index (χ1n) is 10.4. The lowest BCUT2D eigenvalue weighted by Crippen LogP contribution is -2.21. The normalized spacial score (nSPS) is 27.7. The van der Waals surface area contributed by atoms with Crippen molar-refractivity contribution in [2.75, 3.05) is 0 Å². The number of allylic oxidation sites excluding steroid dienone is 2. The van der Waals surface area contributed by atoms with Gasteiger partial charge in [0.05, 0.1) is 0 Å². The van der Waals surface area contributed by atoms with Gasteiger partial charge in [-0.1, -0.05) is 67.9 Å². The van der Waals surface area contributed by atoms with E-state index in [-0.39, 0.29) is 0 Å². The van der Waals surface area contributed by atoms with Gasteiger partial charge in [0.2, 0.25) is 0 Å². The molecule has 2 unspecified atom stereocenters. The second-order valence-corrected chi connectivity index (χ2v) is 8.63. The molecule has 146 valence electrons. The Bertz CT molecular complexity index is 828. The summed E-state index contributed by atoms with van der Waals surface area (Å²) < 4.78 is 40.1.